The molecule has 10 heteroatoms. The number of piperazine rings is 1. The van der Waals surface area contributed by atoms with Gasteiger partial charge in [0.15, 0.2) is 6.61 Å². The number of carbonyl (C=O) groups excluding carboxylic acids is 3. The van der Waals surface area contributed by atoms with Gasteiger partial charge < -0.3 is 15.0 Å². The topological polar surface area (TPSA) is 113 Å². The molecule has 0 radical (unpaired) electrons. The van der Waals surface area contributed by atoms with Crippen LogP contribution in [0.4, 0.5) is 0 Å². The Labute approximate surface area is 183 Å². The molecule has 0 saturated carbocycles. The monoisotopic (exact) mass is 453 g/mol. The van der Waals surface area contributed by atoms with E-state index in [9.17, 15) is 22.8 Å². The first-order valence-corrected chi connectivity index (χ1v) is 12.1. The quantitative estimate of drug-likeness (QED) is 0.393. The van der Waals surface area contributed by atoms with E-state index in [2.05, 4.69) is 5.32 Å². The van der Waals surface area contributed by atoms with Crippen LogP contribution in [0.2, 0.25) is 0 Å². The summed E-state index contributed by atoms with van der Waals surface area (Å²) in [6, 6.07) is 8.98. The standard InChI is InChI=1S/C21H31N3O6S/c1-18(25)22-11-7-3-6-10-21(27)30-16-20(26)23-12-14-24(15-13-23)31(28,29)17-19-8-4-2-5-9-19/h2,4-5,8-9H,3,6-7,10-17H2,1H3,(H,22,25). The third-order valence-corrected chi connectivity index (χ3v) is 6.81. The van der Waals surface area contributed by atoms with Crippen molar-refractivity contribution >= 4 is 27.8 Å². The van der Waals surface area contributed by atoms with Crippen LogP contribution in [0.3, 0.4) is 0 Å². The highest BCUT2D eigenvalue weighted by Gasteiger charge is 2.29. The Morgan fingerprint density at radius 3 is 2.32 bits per heavy atom. The number of carbonyl (C=O) groups is 3. The van der Waals surface area contributed by atoms with Gasteiger partial charge in [0.2, 0.25) is 15.9 Å². The Morgan fingerprint density at radius 1 is 1.00 bits per heavy atom. The molecular weight excluding hydrogens is 422 g/mol. The van der Waals surface area contributed by atoms with E-state index in [1.165, 1.54) is 16.1 Å². The number of sulfonamides is 1. The van der Waals surface area contributed by atoms with E-state index < -0.39 is 16.0 Å². The first kappa shape index (κ1) is 24.8. The number of hydrogen-bond donors (Lipinski definition) is 1. The molecule has 31 heavy (non-hydrogen) atoms. The number of rotatable bonds is 11. The van der Waals surface area contributed by atoms with Crippen LogP contribution in [0.15, 0.2) is 30.3 Å². The second-order valence-electron chi connectivity index (χ2n) is 7.48. The van der Waals surface area contributed by atoms with Gasteiger partial charge in [-0.1, -0.05) is 36.8 Å². The first-order chi connectivity index (χ1) is 14.8. The minimum atomic E-state index is -3.45. The molecule has 1 heterocycles. The van der Waals surface area contributed by atoms with E-state index in [0.29, 0.717) is 13.0 Å². The van der Waals surface area contributed by atoms with Crippen LogP contribution in [0.25, 0.3) is 0 Å². The average molecular weight is 454 g/mol. The molecule has 0 spiro atoms. The van der Waals surface area contributed by atoms with Gasteiger partial charge in [0.25, 0.3) is 5.91 Å². The molecule has 1 aromatic carbocycles. The molecule has 172 valence electrons. The molecule has 1 aliphatic rings. The van der Waals surface area contributed by atoms with Gasteiger partial charge in [0.05, 0.1) is 5.75 Å². The zero-order valence-corrected chi connectivity index (χ0v) is 18.7. The smallest absolute Gasteiger partial charge is 0.306 e. The van der Waals surface area contributed by atoms with E-state index >= 15 is 0 Å². The minimum absolute atomic E-state index is 0.0653. The summed E-state index contributed by atoms with van der Waals surface area (Å²) in [7, 11) is -3.45. The molecule has 0 atom stereocenters. The van der Waals surface area contributed by atoms with Crippen molar-refractivity contribution in [3.05, 3.63) is 35.9 Å². The fourth-order valence-corrected chi connectivity index (χ4v) is 4.75. The third kappa shape index (κ3) is 9.06. The van der Waals surface area contributed by atoms with Crippen LogP contribution >= 0.6 is 0 Å². The molecule has 0 aromatic heterocycles. The number of amides is 2. The van der Waals surface area contributed by atoms with Gasteiger partial charge in [-0.2, -0.15) is 4.31 Å². The molecule has 9 nitrogen and oxygen atoms in total. The highest BCUT2D eigenvalue weighted by molar-refractivity contribution is 7.88. The van der Waals surface area contributed by atoms with Gasteiger partial charge >= 0.3 is 5.97 Å². The molecule has 1 aliphatic heterocycles. The van der Waals surface area contributed by atoms with Crippen LogP contribution in [0, 0.1) is 0 Å². The number of nitrogens with zero attached hydrogens (tertiary/aromatic N) is 2. The summed E-state index contributed by atoms with van der Waals surface area (Å²) in [6.45, 7) is 2.70. The van der Waals surface area contributed by atoms with Crippen molar-refractivity contribution in [2.45, 2.75) is 38.4 Å². The van der Waals surface area contributed by atoms with Gasteiger partial charge in [-0.25, -0.2) is 8.42 Å². The molecule has 0 bridgehead atoms. The Balaban J connectivity index is 1.64. The predicted octanol–water partition coefficient (Wildman–Crippen LogP) is 0.900. The average Bonchev–Trinajstić information content (AvgIpc) is 2.74. The van der Waals surface area contributed by atoms with Crippen molar-refractivity contribution in [3.63, 3.8) is 0 Å². The summed E-state index contributed by atoms with van der Waals surface area (Å²) in [6.07, 6.45) is 2.41. The van der Waals surface area contributed by atoms with Crippen molar-refractivity contribution in [1.82, 2.24) is 14.5 Å². The van der Waals surface area contributed by atoms with E-state index in [1.54, 1.807) is 24.3 Å². The van der Waals surface area contributed by atoms with E-state index in [0.717, 1.165) is 18.4 Å². The number of hydrogen-bond acceptors (Lipinski definition) is 6. The van der Waals surface area contributed by atoms with Crippen LogP contribution in [-0.2, 0) is 34.9 Å². The number of nitrogens with one attached hydrogen (secondary N) is 1. The highest BCUT2D eigenvalue weighted by atomic mass is 32.2. The summed E-state index contributed by atoms with van der Waals surface area (Å²) in [5.41, 5.74) is 0.725. The summed E-state index contributed by atoms with van der Waals surface area (Å²) in [5.74, 6) is -0.895. The second kappa shape index (κ2) is 12.4. The van der Waals surface area contributed by atoms with E-state index in [-0.39, 0.29) is 56.8 Å². The zero-order chi connectivity index (χ0) is 22.7. The Hall–Kier alpha value is -2.46. The lowest BCUT2D eigenvalue weighted by atomic mass is 10.2. The second-order valence-corrected chi connectivity index (χ2v) is 9.44. The maximum atomic E-state index is 12.6. The molecular formula is C21H31N3O6S. The third-order valence-electron chi connectivity index (χ3n) is 4.96. The number of ether oxygens (including phenoxy) is 1. The van der Waals surface area contributed by atoms with Gasteiger partial charge in [-0.05, 0) is 18.4 Å². The number of benzene rings is 1. The van der Waals surface area contributed by atoms with Crippen LogP contribution < -0.4 is 5.32 Å². The SMILES string of the molecule is CC(=O)NCCCCCC(=O)OCC(=O)N1CCN(S(=O)(=O)Cc2ccccc2)CC1. The molecule has 1 aromatic rings. The van der Waals surface area contributed by atoms with Crippen molar-refractivity contribution in [3.8, 4) is 0 Å². The maximum absolute atomic E-state index is 12.6. The molecule has 2 amide bonds. The van der Waals surface area contributed by atoms with Gasteiger partial charge in [-0.3, -0.25) is 14.4 Å². The molecule has 1 saturated heterocycles. The lowest BCUT2D eigenvalue weighted by molar-refractivity contribution is -0.152. The molecule has 1 N–H and O–H groups in total. The molecule has 0 aliphatic carbocycles. The minimum Gasteiger partial charge on any atom is -0.456 e. The van der Waals surface area contributed by atoms with Crippen molar-refractivity contribution in [2.75, 3.05) is 39.3 Å². The van der Waals surface area contributed by atoms with Crippen molar-refractivity contribution < 1.29 is 27.5 Å². The zero-order valence-electron chi connectivity index (χ0n) is 17.9. The summed E-state index contributed by atoms with van der Waals surface area (Å²) < 4.78 is 31.6. The molecule has 2 rings (SSSR count). The lowest BCUT2D eigenvalue weighted by Crippen LogP contribution is -2.51. The predicted molar refractivity (Wildman–Crippen MR) is 115 cm³/mol. The summed E-state index contributed by atoms with van der Waals surface area (Å²) >= 11 is 0. The number of unbranched alkanes of at least 4 members (excludes halogenated alkanes) is 2. The fraction of sp³-hybridized carbons (Fsp3) is 0.571. The van der Waals surface area contributed by atoms with E-state index in [1.807, 2.05) is 6.07 Å². The van der Waals surface area contributed by atoms with Gasteiger partial charge in [0.1, 0.15) is 0 Å². The van der Waals surface area contributed by atoms with Gasteiger partial charge in [-0.15, -0.1) is 0 Å². The normalized spacial score (nSPS) is 14.8. The Morgan fingerprint density at radius 2 is 1.68 bits per heavy atom. The summed E-state index contributed by atoms with van der Waals surface area (Å²) in [5, 5.41) is 2.69. The van der Waals surface area contributed by atoms with Gasteiger partial charge in [0, 0.05) is 46.1 Å². The highest BCUT2D eigenvalue weighted by Crippen LogP contribution is 2.14. The van der Waals surface area contributed by atoms with Crippen LogP contribution in [0.5, 0.6) is 0 Å². The lowest BCUT2D eigenvalue weighted by Gasteiger charge is -2.33. The van der Waals surface area contributed by atoms with Crippen LogP contribution in [-0.4, -0.2) is 74.7 Å². The van der Waals surface area contributed by atoms with E-state index in [4.69, 9.17) is 4.74 Å². The number of esters is 1. The van der Waals surface area contributed by atoms with Crippen LogP contribution in [0.1, 0.15) is 38.2 Å². The largest absolute Gasteiger partial charge is 0.456 e. The maximum Gasteiger partial charge on any atom is 0.306 e. The first-order valence-electron chi connectivity index (χ1n) is 10.5. The summed E-state index contributed by atoms with van der Waals surface area (Å²) in [4.78, 5) is 36.3. The Kier molecular flexibility index (Phi) is 9.93. The van der Waals surface area contributed by atoms with Crippen molar-refractivity contribution in [2.24, 2.45) is 0 Å². The molecule has 1 fully saturated rings. The molecule has 0 unspecified atom stereocenters. The van der Waals surface area contributed by atoms with Crippen molar-refractivity contribution in [1.29, 1.82) is 0 Å². The fourth-order valence-electron chi connectivity index (χ4n) is 3.23. The Bertz CT molecular complexity index is 836.